The summed E-state index contributed by atoms with van der Waals surface area (Å²) in [6, 6.07) is 13.0. The van der Waals surface area contributed by atoms with Gasteiger partial charge >= 0.3 is 0 Å². The Hall–Kier alpha value is -1.46. The molecule has 1 amide bonds. The van der Waals surface area contributed by atoms with Crippen molar-refractivity contribution in [2.75, 3.05) is 23.9 Å². The van der Waals surface area contributed by atoms with Crippen molar-refractivity contribution >= 4 is 45.0 Å². The maximum absolute atomic E-state index is 12.4. The van der Waals surface area contributed by atoms with Gasteiger partial charge in [-0.05, 0) is 48.7 Å². The van der Waals surface area contributed by atoms with Crippen molar-refractivity contribution in [1.29, 1.82) is 0 Å². The highest BCUT2D eigenvalue weighted by atomic mass is 79.9. The minimum atomic E-state index is -0.0772. The number of amides is 1. The highest BCUT2D eigenvalue weighted by molar-refractivity contribution is 9.10. The molecule has 0 atom stereocenters. The van der Waals surface area contributed by atoms with Gasteiger partial charge in [-0.2, -0.15) is 0 Å². The van der Waals surface area contributed by atoms with Gasteiger partial charge in [-0.1, -0.05) is 15.9 Å². The number of anilines is 2. The number of thioether (sulfide) groups is 1. The Morgan fingerprint density at radius 1 is 1.20 bits per heavy atom. The van der Waals surface area contributed by atoms with E-state index in [0.717, 1.165) is 9.37 Å². The van der Waals surface area contributed by atoms with Crippen molar-refractivity contribution < 1.29 is 4.79 Å². The van der Waals surface area contributed by atoms with Crippen molar-refractivity contribution in [3.8, 4) is 0 Å². The molecule has 2 aromatic rings. The molecule has 5 heteroatoms. The fourth-order valence-electron chi connectivity index (χ4n) is 1.87. The molecule has 2 rings (SSSR count). The first-order valence-electron chi connectivity index (χ1n) is 6.00. The molecule has 0 aliphatic heterocycles. The Balaban J connectivity index is 2.27. The third-order valence-electron chi connectivity index (χ3n) is 2.99. The summed E-state index contributed by atoms with van der Waals surface area (Å²) in [7, 11) is 1.73. The second-order valence-corrected chi connectivity index (χ2v) is 6.09. The summed E-state index contributed by atoms with van der Waals surface area (Å²) in [5.74, 6) is -0.0772. The number of carbonyl (C=O) groups is 1. The lowest BCUT2D eigenvalue weighted by atomic mass is 10.2. The number of hydrogen-bond donors (Lipinski definition) is 1. The SMILES string of the molecule is CSc1ccc(C(=O)N(C)c2ccc(Br)cc2N)cc1. The molecule has 0 radical (unpaired) electrons. The highest BCUT2D eigenvalue weighted by Crippen LogP contribution is 2.27. The Morgan fingerprint density at radius 3 is 2.40 bits per heavy atom. The topological polar surface area (TPSA) is 46.3 Å². The van der Waals surface area contributed by atoms with E-state index in [9.17, 15) is 4.79 Å². The van der Waals surface area contributed by atoms with Crippen LogP contribution in [0.25, 0.3) is 0 Å². The maximum atomic E-state index is 12.4. The lowest BCUT2D eigenvalue weighted by molar-refractivity contribution is 0.0993. The second-order valence-electron chi connectivity index (χ2n) is 4.30. The number of halogens is 1. The molecule has 104 valence electrons. The van der Waals surface area contributed by atoms with Crippen LogP contribution in [0.1, 0.15) is 10.4 Å². The van der Waals surface area contributed by atoms with Gasteiger partial charge in [0.1, 0.15) is 0 Å². The fourth-order valence-corrected chi connectivity index (χ4v) is 2.65. The van der Waals surface area contributed by atoms with E-state index >= 15 is 0 Å². The van der Waals surface area contributed by atoms with E-state index in [0.29, 0.717) is 16.9 Å². The molecule has 0 aromatic heterocycles. The fraction of sp³-hybridized carbons (Fsp3) is 0.133. The van der Waals surface area contributed by atoms with Crippen LogP contribution in [0.2, 0.25) is 0 Å². The molecule has 0 bridgehead atoms. The van der Waals surface area contributed by atoms with Crippen LogP contribution < -0.4 is 10.6 Å². The van der Waals surface area contributed by atoms with Crippen LogP contribution in [0.5, 0.6) is 0 Å². The predicted molar refractivity (Wildman–Crippen MR) is 89.5 cm³/mol. The summed E-state index contributed by atoms with van der Waals surface area (Å²) in [5.41, 5.74) is 7.87. The monoisotopic (exact) mass is 350 g/mol. The minimum Gasteiger partial charge on any atom is -0.397 e. The van der Waals surface area contributed by atoms with E-state index < -0.39 is 0 Å². The van der Waals surface area contributed by atoms with Crippen LogP contribution in [-0.4, -0.2) is 19.2 Å². The molecule has 0 spiro atoms. The minimum absolute atomic E-state index is 0.0772. The molecular weight excluding hydrogens is 336 g/mol. The summed E-state index contributed by atoms with van der Waals surface area (Å²) in [6.45, 7) is 0. The van der Waals surface area contributed by atoms with Gasteiger partial charge in [-0.15, -0.1) is 11.8 Å². The molecule has 0 heterocycles. The van der Waals surface area contributed by atoms with E-state index in [1.54, 1.807) is 29.8 Å². The second kappa shape index (κ2) is 6.33. The standard InChI is InChI=1S/C15H15BrN2OS/c1-18(14-8-5-11(16)9-13(14)17)15(19)10-3-6-12(20-2)7-4-10/h3-9H,17H2,1-2H3. The molecule has 3 nitrogen and oxygen atoms in total. The van der Waals surface area contributed by atoms with Crippen LogP contribution >= 0.6 is 27.7 Å². The highest BCUT2D eigenvalue weighted by Gasteiger charge is 2.15. The summed E-state index contributed by atoms with van der Waals surface area (Å²) >= 11 is 5.01. The van der Waals surface area contributed by atoms with Gasteiger partial charge < -0.3 is 10.6 Å². The van der Waals surface area contributed by atoms with E-state index in [-0.39, 0.29) is 5.91 Å². The normalized spacial score (nSPS) is 10.3. The van der Waals surface area contributed by atoms with Gasteiger partial charge in [0.2, 0.25) is 0 Å². The van der Waals surface area contributed by atoms with E-state index in [2.05, 4.69) is 15.9 Å². The number of carbonyl (C=O) groups excluding carboxylic acids is 1. The number of rotatable bonds is 3. The van der Waals surface area contributed by atoms with Crippen molar-refractivity contribution in [2.24, 2.45) is 0 Å². The predicted octanol–water partition coefficient (Wildman–Crippen LogP) is 4.03. The molecule has 2 N–H and O–H groups in total. The number of nitrogen functional groups attached to an aromatic ring is 1. The first-order valence-corrected chi connectivity index (χ1v) is 8.02. The quantitative estimate of drug-likeness (QED) is 0.671. The molecule has 2 aromatic carbocycles. The van der Waals surface area contributed by atoms with E-state index in [1.807, 2.05) is 42.7 Å². The van der Waals surface area contributed by atoms with Crippen molar-refractivity contribution in [2.45, 2.75) is 4.90 Å². The largest absolute Gasteiger partial charge is 0.397 e. The zero-order valence-corrected chi connectivity index (χ0v) is 13.7. The third-order valence-corrected chi connectivity index (χ3v) is 4.23. The van der Waals surface area contributed by atoms with Crippen molar-refractivity contribution in [3.63, 3.8) is 0 Å². The molecule has 0 fully saturated rings. The number of nitrogens with two attached hydrogens (primary N) is 1. The van der Waals surface area contributed by atoms with Crippen molar-refractivity contribution in [1.82, 2.24) is 0 Å². The summed E-state index contributed by atoms with van der Waals surface area (Å²) in [5, 5.41) is 0. The van der Waals surface area contributed by atoms with Gasteiger partial charge in [0.25, 0.3) is 5.91 Å². The molecule has 0 saturated heterocycles. The molecule has 0 saturated carbocycles. The van der Waals surface area contributed by atoms with Gasteiger partial charge in [-0.25, -0.2) is 0 Å². The smallest absolute Gasteiger partial charge is 0.258 e. The average molecular weight is 351 g/mol. The third kappa shape index (κ3) is 3.16. The van der Waals surface area contributed by atoms with Crippen LogP contribution in [0.15, 0.2) is 51.8 Å². The van der Waals surface area contributed by atoms with Crippen molar-refractivity contribution in [3.05, 3.63) is 52.5 Å². The summed E-state index contributed by atoms with van der Waals surface area (Å²) < 4.78 is 0.893. The van der Waals surface area contributed by atoms with Crippen LogP contribution in [-0.2, 0) is 0 Å². The first kappa shape index (κ1) is 14.9. The lowest BCUT2D eigenvalue weighted by Crippen LogP contribution is -2.26. The average Bonchev–Trinajstić information content (AvgIpc) is 2.46. The zero-order chi connectivity index (χ0) is 14.7. The molecule has 0 aliphatic rings. The van der Waals surface area contributed by atoms with Crippen LogP contribution in [0, 0.1) is 0 Å². The maximum Gasteiger partial charge on any atom is 0.258 e. The Labute approximate surface area is 131 Å². The Kier molecular flexibility index (Phi) is 4.73. The van der Waals surface area contributed by atoms with Crippen LogP contribution in [0.4, 0.5) is 11.4 Å². The van der Waals surface area contributed by atoms with Crippen LogP contribution in [0.3, 0.4) is 0 Å². The van der Waals surface area contributed by atoms with Gasteiger partial charge in [0.15, 0.2) is 0 Å². The Bertz CT molecular complexity index is 628. The first-order chi connectivity index (χ1) is 9.52. The van der Waals surface area contributed by atoms with Gasteiger partial charge in [0, 0.05) is 22.0 Å². The summed E-state index contributed by atoms with van der Waals surface area (Å²) in [4.78, 5) is 15.1. The molecule has 0 unspecified atom stereocenters. The number of nitrogens with zero attached hydrogens (tertiary/aromatic N) is 1. The lowest BCUT2D eigenvalue weighted by Gasteiger charge is -2.19. The zero-order valence-electron chi connectivity index (χ0n) is 11.3. The van der Waals surface area contributed by atoms with Gasteiger partial charge in [0.05, 0.1) is 11.4 Å². The van der Waals surface area contributed by atoms with E-state index in [4.69, 9.17) is 5.73 Å². The Morgan fingerprint density at radius 2 is 1.85 bits per heavy atom. The van der Waals surface area contributed by atoms with E-state index in [1.165, 1.54) is 0 Å². The van der Waals surface area contributed by atoms with Gasteiger partial charge in [-0.3, -0.25) is 4.79 Å². The molecule has 20 heavy (non-hydrogen) atoms. The summed E-state index contributed by atoms with van der Waals surface area (Å²) in [6.07, 6.45) is 2.01. The molecule has 0 aliphatic carbocycles. The number of benzene rings is 2. The number of hydrogen-bond acceptors (Lipinski definition) is 3. The molecular formula is C15H15BrN2OS.